The number of benzene rings is 1. The molecule has 21 heavy (non-hydrogen) atoms. The highest BCUT2D eigenvalue weighted by molar-refractivity contribution is 8.00. The van der Waals surface area contributed by atoms with Crippen molar-refractivity contribution in [1.29, 1.82) is 0 Å². The fraction of sp³-hybridized carbons (Fsp3) is 0.357. The number of amides is 2. The Labute approximate surface area is 126 Å². The molecule has 7 heteroatoms. The first-order valence-corrected chi connectivity index (χ1v) is 7.53. The van der Waals surface area contributed by atoms with Crippen molar-refractivity contribution in [2.45, 2.75) is 18.6 Å². The Kier molecular flexibility index (Phi) is 4.64. The predicted octanol–water partition coefficient (Wildman–Crippen LogP) is 1.02. The summed E-state index contributed by atoms with van der Waals surface area (Å²) in [6.45, 7) is 2.18. The maximum atomic E-state index is 12.4. The summed E-state index contributed by atoms with van der Waals surface area (Å²) in [7, 11) is 0. The average Bonchev–Trinajstić information content (AvgIpc) is 2.72. The van der Waals surface area contributed by atoms with E-state index in [2.05, 4.69) is 0 Å². The normalized spacial score (nSPS) is 18.4. The lowest BCUT2D eigenvalue weighted by Gasteiger charge is -2.18. The largest absolute Gasteiger partial charge is 0.478 e. The Balaban J connectivity index is 2.33. The topological polar surface area (TPSA) is 101 Å². The van der Waals surface area contributed by atoms with E-state index >= 15 is 0 Å². The number of carboxylic acid groups (broad SMARTS) is 1. The van der Waals surface area contributed by atoms with Gasteiger partial charge in [-0.1, -0.05) is 6.07 Å². The van der Waals surface area contributed by atoms with Crippen LogP contribution < -0.4 is 10.6 Å². The Morgan fingerprint density at radius 3 is 2.81 bits per heavy atom. The first kappa shape index (κ1) is 15.5. The molecule has 0 saturated carbocycles. The summed E-state index contributed by atoms with van der Waals surface area (Å²) in [5, 5.41) is 8.60. The number of aryl methyl sites for hydroxylation is 1. The average molecular weight is 308 g/mol. The fourth-order valence-electron chi connectivity index (χ4n) is 2.18. The number of aromatic carboxylic acids is 1. The second-order valence-electron chi connectivity index (χ2n) is 4.73. The number of nitrogens with two attached hydrogens (primary N) is 1. The lowest BCUT2D eigenvalue weighted by Crippen LogP contribution is -2.32. The summed E-state index contributed by atoms with van der Waals surface area (Å²) >= 11 is 1.36. The molecular weight excluding hydrogens is 292 g/mol. The molecule has 6 nitrogen and oxygen atoms in total. The highest BCUT2D eigenvalue weighted by atomic mass is 32.2. The molecule has 1 aliphatic heterocycles. The Bertz CT molecular complexity index is 603. The molecule has 0 radical (unpaired) electrons. The zero-order chi connectivity index (χ0) is 15.6. The van der Waals surface area contributed by atoms with Gasteiger partial charge in [0.25, 0.3) is 0 Å². The van der Waals surface area contributed by atoms with Crippen LogP contribution in [0, 0.1) is 6.92 Å². The first-order valence-electron chi connectivity index (χ1n) is 6.48. The molecule has 0 aromatic heterocycles. The second kappa shape index (κ2) is 6.28. The van der Waals surface area contributed by atoms with Crippen molar-refractivity contribution in [2.24, 2.45) is 5.73 Å². The van der Waals surface area contributed by atoms with E-state index in [9.17, 15) is 14.4 Å². The van der Waals surface area contributed by atoms with Gasteiger partial charge in [-0.3, -0.25) is 9.59 Å². The third-order valence-corrected chi connectivity index (χ3v) is 4.48. The quantitative estimate of drug-likeness (QED) is 0.788. The molecule has 0 bridgehead atoms. The highest BCUT2D eigenvalue weighted by Gasteiger charge is 2.40. The van der Waals surface area contributed by atoms with E-state index in [-0.39, 0.29) is 23.8 Å². The maximum absolute atomic E-state index is 12.4. The van der Waals surface area contributed by atoms with Crippen LogP contribution in [0.25, 0.3) is 0 Å². The van der Waals surface area contributed by atoms with Gasteiger partial charge in [-0.2, -0.15) is 0 Å². The zero-order valence-corrected chi connectivity index (χ0v) is 12.4. The zero-order valence-electron chi connectivity index (χ0n) is 11.5. The van der Waals surface area contributed by atoms with Crippen molar-refractivity contribution in [3.8, 4) is 0 Å². The van der Waals surface area contributed by atoms with E-state index in [1.807, 2.05) is 0 Å². The predicted molar refractivity (Wildman–Crippen MR) is 80.5 cm³/mol. The number of carboxylic acids is 1. The van der Waals surface area contributed by atoms with Gasteiger partial charge in [-0.05, 0) is 24.6 Å². The van der Waals surface area contributed by atoms with E-state index in [1.54, 1.807) is 13.0 Å². The van der Waals surface area contributed by atoms with E-state index in [1.165, 1.54) is 23.9 Å². The number of imide groups is 1. The van der Waals surface area contributed by atoms with Crippen LogP contribution in [-0.4, -0.2) is 40.4 Å². The van der Waals surface area contributed by atoms with Gasteiger partial charge >= 0.3 is 5.97 Å². The number of anilines is 1. The van der Waals surface area contributed by atoms with Gasteiger partial charge in [0, 0.05) is 18.7 Å². The van der Waals surface area contributed by atoms with Crippen LogP contribution in [0.5, 0.6) is 0 Å². The third-order valence-electron chi connectivity index (χ3n) is 3.24. The molecule has 1 atom stereocenters. The molecule has 1 fully saturated rings. The SMILES string of the molecule is Cc1ccc(C(=O)O)cc1N1C(=O)CC(SCCN)C1=O. The van der Waals surface area contributed by atoms with Crippen LogP contribution in [0.4, 0.5) is 5.69 Å². The van der Waals surface area contributed by atoms with E-state index in [0.29, 0.717) is 23.5 Å². The monoisotopic (exact) mass is 308 g/mol. The molecule has 2 rings (SSSR count). The van der Waals surface area contributed by atoms with Crippen LogP contribution in [-0.2, 0) is 9.59 Å². The number of carbonyl (C=O) groups is 3. The smallest absolute Gasteiger partial charge is 0.335 e. The standard InChI is InChI=1S/C14H16N2O4S/c1-8-2-3-9(14(19)20)6-10(8)16-12(17)7-11(13(16)18)21-5-4-15/h2-3,6,11H,4-5,7,15H2,1H3,(H,19,20). The minimum Gasteiger partial charge on any atom is -0.478 e. The number of hydrogen-bond donors (Lipinski definition) is 2. The molecule has 2 amide bonds. The summed E-state index contributed by atoms with van der Waals surface area (Å²) in [6, 6.07) is 4.41. The van der Waals surface area contributed by atoms with E-state index in [0.717, 1.165) is 4.90 Å². The van der Waals surface area contributed by atoms with Crippen molar-refractivity contribution >= 4 is 35.2 Å². The highest BCUT2D eigenvalue weighted by Crippen LogP contribution is 2.31. The number of rotatable bonds is 5. The molecule has 0 aliphatic carbocycles. The Morgan fingerprint density at radius 1 is 1.48 bits per heavy atom. The van der Waals surface area contributed by atoms with Gasteiger partial charge in [0.2, 0.25) is 11.8 Å². The number of carbonyl (C=O) groups excluding carboxylic acids is 2. The number of nitrogens with zero attached hydrogens (tertiary/aromatic N) is 1. The van der Waals surface area contributed by atoms with Crippen molar-refractivity contribution in [1.82, 2.24) is 0 Å². The molecule has 0 spiro atoms. The molecule has 1 unspecified atom stereocenters. The van der Waals surface area contributed by atoms with Crippen LogP contribution >= 0.6 is 11.8 Å². The van der Waals surface area contributed by atoms with Gasteiger partial charge in [0.15, 0.2) is 0 Å². The third kappa shape index (κ3) is 3.08. The summed E-state index contributed by atoms with van der Waals surface area (Å²) < 4.78 is 0. The van der Waals surface area contributed by atoms with Gasteiger partial charge in [0.05, 0.1) is 16.5 Å². The molecule has 1 heterocycles. The molecule has 1 aliphatic rings. The maximum Gasteiger partial charge on any atom is 0.335 e. The van der Waals surface area contributed by atoms with E-state index < -0.39 is 11.2 Å². The van der Waals surface area contributed by atoms with Gasteiger partial charge in [-0.15, -0.1) is 11.8 Å². The van der Waals surface area contributed by atoms with Crippen LogP contribution in [0.1, 0.15) is 22.3 Å². The Hall–Kier alpha value is -1.86. The molecule has 1 saturated heterocycles. The van der Waals surface area contributed by atoms with Crippen LogP contribution in [0.3, 0.4) is 0 Å². The summed E-state index contributed by atoms with van der Waals surface area (Å²) in [5.74, 6) is -1.10. The molecule has 3 N–H and O–H groups in total. The minimum absolute atomic E-state index is 0.0502. The fourth-order valence-corrected chi connectivity index (χ4v) is 3.11. The summed E-state index contributed by atoms with van der Waals surface area (Å²) in [4.78, 5) is 36.6. The van der Waals surface area contributed by atoms with Crippen molar-refractivity contribution in [2.75, 3.05) is 17.2 Å². The lowest BCUT2D eigenvalue weighted by atomic mass is 10.1. The number of thioether (sulfide) groups is 1. The van der Waals surface area contributed by atoms with Crippen molar-refractivity contribution in [3.63, 3.8) is 0 Å². The Morgan fingerprint density at radius 2 is 2.19 bits per heavy atom. The van der Waals surface area contributed by atoms with Crippen LogP contribution in [0.15, 0.2) is 18.2 Å². The molecule has 1 aromatic carbocycles. The summed E-state index contributed by atoms with van der Waals surface area (Å²) in [6.07, 6.45) is 0.125. The molecule has 1 aromatic rings. The molecular formula is C14H16N2O4S. The van der Waals surface area contributed by atoms with Crippen molar-refractivity contribution in [3.05, 3.63) is 29.3 Å². The molecule has 112 valence electrons. The number of hydrogen-bond acceptors (Lipinski definition) is 5. The second-order valence-corrected chi connectivity index (χ2v) is 6.04. The summed E-state index contributed by atoms with van der Waals surface area (Å²) in [5.41, 5.74) is 6.50. The van der Waals surface area contributed by atoms with Gasteiger partial charge in [0.1, 0.15) is 0 Å². The van der Waals surface area contributed by atoms with E-state index in [4.69, 9.17) is 10.8 Å². The van der Waals surface area contributed by atoms with Crippen LogP contribution in [0.2, 0.25) is 0 Å². The first-order chi connectivity index (χ1) is 9.95. The van der Waals surface area contributed by atoms with Gasteiger partial charge < -0.3 is 10.8 Å². The van der Waals surface area contributed by atoms with Gasteiger partial charge in [-0.25, -0.2) is 9.69 Å². The lowest BCUT2D eigenvalue weighted by molar-refractivity contribution is -0.121. The minimum atomic E-state index is -1.09. The van der Waals surface area contributed by atoms with Crippen molar-refractivity contribution < 1.29 is 19.5 Å².